The zero-order chi connectivity index (χ0) is 14.5. The Balaban J connectivity index is 1.82. The van der Waals surface area contributed by atoms with Crippen molar-refractivity contribution in [3.05, 3.63) is 5.56 Å². The minimum absolute atomic E-state index is 0.0984. The number of anilines is 2. The molecule has 1 aromatic heterocycles. The molecule has 0 unspecified atom stereocenters. The number of hydrogen-bond donors (Lipinski definition) is 3. The Labute approximate surface area is 121 Å². The van der Waals surface area contributed by atoms with Crippen molar-refractivity contribution in [1.29, 1.82) is 0 Å². The van der Waals surface area contributed by atoms with Crippen molar-refractivity contribution < 1.29 is 14.3 Å². The first-order valence-electron chi connectivity index (χ1n) is 6.57. The Morgan fingerprint density at radius 3 is 2.85 bits per heavy atom. The number of rotatable bonds is 7. The molecule has 1 aliphatic rings. The fourth-order valence-electron chi connectivity index (χ4n) is 1.68. The van der Waals surface area contributed by atoms with Gasteiger partial charge in [0.1, 0.15) is 10.6 Å². The van der Waals surface area contributed by atoms with Crippen LogP contribution < -0.4 is 16.4 Å². The standard InChI is InChI=1S/C12H18N4O3S/c1-2-19-12(18)8-9(13)16-20-11(8)15-6-5-14-10(17)7-3-4-7/h7,15H,2-6H2,1H3,(H2,13,16)(H,14,17). The minimum atomic E-state index is -0.483. The van der Waals surface area contributed by atoms with E-state index in [9.17, 15) is 9.59 Å². The maximum absolute atomic E-state index is 11.7. The molecule has 1 saturated carbocycles. The van der Waals surface area contributed by atoms with Crippen LogP contribution in [-0.4, -0.2) is 35.9 Å². The van der Waals surface area contributed by atoms with E-state index in [4.69, 9.17) is 10.5 Å². The molecule has 1 amide bonds. The SMILES string of the molecule is CCOC(=O)c1c(N)nsc1NCCNC(=O)C1CC1. The largest absolute Gasteiger partial charge is 0.462 e. The van der Waals surface area contributed by atoms with Gasteiger partial charge in [-0.1, -0.05) is 0 Å². The lowest BCUT2D eigenvalue weighted by Crippen LogP contribution is -2.29. The van der Waals surface area contributed by atoms with Crippen molar-refractivity contribution in [3.8, 4) is 0 Å². The summed E-state index contributed by atoms with van der Waals surface area (Å²) < 4.78 is 8.87. The number of amides is 1. The van der Waals surface area contributed by atoms with Crippen LogP contribution in [0.25, 0.3) is 0 Å². The first kappa shape index (κ1) is 14.6. The molecule has 1 heterocycles. The summed E-state index contributed by atoms with van der Waals surface area (Å²) in [5, 5.41) is 6.45. The van der Waals surface area contributed by atoms with Gasteiger partial charge in [-0.2, -0.15) is 4.37 Å². The van der Waals surface area contributed by atoms with Gasteiger partial charge in [0.05, 0.1) is 6.61 Å². The Kier molecular flexibility index (Phi) is 4.78. The lowest BCUT2D eigenvalue weighted by atomic mass is 10.3. The molecule has 8 heteroatoms. The third-order valence-electron chi connectivity index (χ3n) is 2.86. The van der Waals surface area contributed by atoms with Crippen LogP contribution in [0.5, 0.6) is 0 Å². The van der Waals surface area contributed by atoms with Gasteiger partial charge in [0, 0.05) is 19.0 Å². The van der Waals surface area contributed by atoms with Crippen molar-refractivity contribution in [2.75, 3.05) is 30.7 Å². The fourth-order valence-corrected chi connectivity index (χ4v) is 2.40. The van der Waals surface area contributed by atoms with Crippen molar-refractivity contribution in [2.24, 2.45) is 5.92 Å². The topological polar surface area (TPSA) is 106 Å². The normalized spacial score (nSPS) is 13.8. The number of aromatic nitrogens is 1. The highest BCUT2D eigenvalue weighted by Gasteiger charge is 2.29. The van der Waals surface area contributed by atoms with E-state index in [1.54, 1.807) is 6.92 Å². The number of nitrogens with zero attached hydrogens (tertiary/aromatic N) is 1. The van der Waals surface area contributed by atoms with Gasteiger partial charge in [0.2, 0.25) is 5.91 Å². The van der Waals surface area contributed by atoms with Gasteiger partial charge in [-0.25, -0.2) is 4.79 Å². The van der Waals surface area contributed by atoms with Crippen LogP contribution in [0.4, 0.5) is 10.8 Å². The average Bonchev–Trinajstić information content (AvgIpc) is 3.19. The van der Waals surface area contributed by atoms with Crippen LogP contribution >= 0.6 is 11.5 Å². The number of carbonyl (C=O) groups excluding carboxylic acids is 2. The third kappa shape index (κ3) is 3.60. The number of nitrogens with two attached hydrogens (primary N) is 1. The number of esters is 1. The van der Waals surface area contributed by atoms with E-state index in [1.165, 1.54) is 0 Å². The van der Waals surface area contributed by atoms with Crippen LogP contribution in [0.1, 0.15) is 30.1 Å². The molecule has 0 bridgehead atoms. The van der Waals surface area contributed by atoms with E-state index in [2.05, 4.69) is 15.0 Å². The smallest absolute Gasteiger partial charge is 0.344 e. The molecule has 0 radical (unpaired) electrons. The van der Waals surface area contributed by atoms with E-state index < -0.39 is 5.97 Å². The van der Waals surface area contributed by atoms with Crippen molar-refractivity contribution in [1.82, 2.24) is 9.69 Å². The number of nitrogen functional groups attached to an aromatic ring is 1. The second-order valence-corrected chi connectivity index (χ2v) is 5.26. The molecule has 1 aromatic rings. The second-order valence-electron chi connectivity index (χ2n) is 4.48. The molecule has 7 nitrogen and oxygen atoms in total. The Bertz CT molecular complexity index is 499. The van der Waals surface area contributed by atoms with Gasteiger partial charge in [-0.15, -0.1) is 0 Å². The molecule has 0 spiro atoms. The Morgan fingerprint density at radius 1 is 1.45 bits per heavy atom. The highest BCUT2D eigenvalue weighted by atomic mass is 32.1. The molecule has 1 fully saturated rings. The summed E-state index contributed by atoms with van der Waals surface area (Å²) in [7, 11) is 0. The van der Waals surface area contributed by atoms with Crippen LogP contribution in [0, 0.1) is 5.92 Å². The third-order valence-corrected chi connectivity index (χ3v) is 3.67. The summed E-state index contributed by atoms with van der Waals surface area (Å²) in [4.78, 5) is 23.2. The zero-order valence-corrected chi connectivity index (χ0v) is 12.1. The molecule has 0 atom stereocenters. The van der Waals surface area contributed by atoms with E-state index in [-0.39, 0.29) is 29.8 Å². The number of hydrogen-bond acceptors (Lipinski definition) is 7. The first-order valence-corrected chi connectivity index (χ1v) is 7.34. The van der Waals surface area contributed by atoms with E-state index in [0.29, 0.717) is 18.1 Å². The van der Waals surface area contributed by atoms with Crippen LogP contribution in [-0.2, 0) is 9.53 Å². The van der Waals surface area contributed by atoms with Crippen molar-refractivity contribution >= 4 is 34.2 Å². The molecule has 1 aliphatic carbocycles. The van der Waals surface area contributed by atoms with Crippen molar-refractivity contribution in [2.45, 2.75) is 19.8 Å². The van der Waals surface area contributed by atoms with Gasteiger partial charge in [-0.3, -0.25) is 4.79 Å². The predicted molar refractivity (Wildman–Crippen MR) is 76.7 cm³/mol. The summed E-state index contributed by atoms with van der Waals surface area (Å²) in [5.74, 6) is -0.0217. The molecule has 0 aliphatic heterocycles. The van der Waals surface area contributed by atoms with Gasteiger partial charge in [0.15, 0.2) is 5.82 Å². The second kappa shape index (κ2) is 6.56. The summed E-state index contributed by atoms with van der Waals surface area (Å²) in [6, 6.07) is 0. The van der Waals surface area contributed by atoms with Crippen LogP contribution in [0.3, 0.4) is 0 Å². The quantitative estimate of drug-likeness (QED) is 0.509. The van der Waals surface area contributed by atoms with E-state index in [1.807, 2.05) is 0 Å². The first-order chi connectivity index (χ1) is 9.63. The van der Waals surface area contributed by atoms with Gasteiger partial charge >= 0.3 is 5.97 Å². The zero-order valence-electron chi connectivity index (χ0n) is 11.3. The summed E-state index contributed by atoms with van der Waals surface area (Å²) in [6.07, 6.45) is 1.97. The van der Waals surface area contributed by atoms with E-state index >= 15 is 0 Å². The highest BCUT2D eigenvalue weighted by molar-refractivity contribution is 7.11. The molecule has 0 aromatic carbocycles. The minimum Gasteiger partial charge on any atom is -0.462 e. The van der Waals surface area contributed by atoms with Gasteiger partial charge < -0.3 is 21.1 Å². The van der Waals surface area contributed by atoms with E-state index in [0.717, 1.165) is 24.4 Å². The molecular weight excluding hydrogens is 280 g/mol. The lowest BCUT2D eigenvalue weighted by molar-refractivity contribution is -0.122. The van der Waals surface area contributed by atoms with Gasteiger partial charge in [0.25, 0.3) is 0 Å². The average molecular weight is 298 g/mol. The molecule has 0 saturated heterocycles. The maximum Gasteiger partial charge on any atom is 0.344 e. The van der Waals surface area contributed by atoms with Crippen molar-refractivity contribution in [3.63, 3.8) is 0 Å². The predicted octanol–water partition coefficient (Wildman–Crippen LogP) is 0.840. The van der Waals surface area contributed by atoms with Crippen LogP contribution in [0.15, 0.2) is 0 Å². The number of nitrogens with one attached hydrogen (secondary N) is 2. The lowest BCUT2D eigenvalue weighted by Gasteiger charge is -2.07. The molecule has 2 rings (SSSR count). The maximum atomic E-state index is 11.7. The highest BCUT2D eigenvalue weighted by Crippen LogP contribution is 2.29. The Morgan fingerprint density at radius 2 is 2.20 bits per heavy atom. The summed E-state index contributed by atoms with van der Waals surface area (Å²) >= 11 is 1.11. The summed E-state index contributed by atoms with van der Waals surface area (Å²) in [5.41, 5.74) is 5.93. The number of ether oxygens (including phenoxy) is 1. The summed E-state index contributed by atoms with van der Waals surface area (Å²) in [6.45, 7) is 3.02. The molecular formula is C12H18N4O3S. The molecule has 110 valence electrons. The molecule has 4 N–H and O–H groups in total. The monoisotopic (exact) mass is 298 g/mol. The molecule has 20 heavy (non-hydrogen) atoms. The fraction of sp³-hybridized carbons (Fsp3) is 0.583. The van der Waals surface area contributed by atoms with Gasteiger partial charge in [-0.05, 0) is 31.3 Å². The number of carbonyl (C=O) groups is 2. The van der Waals surface area contributed by atoms with Crippen LogP contribution in [0.2, 0.25) is 0 Å². The Hall–Kier alpha value is -1.83.